The van der Waals surface area contributed by atoms with Crippen LogP contribution in [-0.4, -0.2) is 25.9 Å². The van der Waals surface area contributed by atoms with Crippen LogP contribution in [0.15, 0.2) is 24.3 Å². The number of hydrogen-bond acceptors (Lipinski definition) is 4. The maximum Gasteiger partial charge on any atom is 0.221 e. The van der Waals surface area contributed by atoms with Crippen molar-refractivity contribution in [2.75, 3.05) is 5.32 Å². The molecular weight excluding hydrogens is 216 g/mol. The van der Waals surface area contributed by atoms with Crippen LogP contribution in [0.3, 0.4) is 0 Å². The third kappa shape index (κ3) is 1.84. The summed E-state index contributed by atoms with van der Waals surface area (Å²) in [6.45, 7) is 3.03. The number of rotatable bonds is 1. The van der Waals surface area contributed by atoms with Crippen LogP contribution in [0.2, 0.25) is 0 Å². The Hall–Kier alpha value is -2.04. The molecule has 0 saturated heterocycles. The highest BCUT2D eigenvalue weighted by molar-refractivity contribution is 5.57. The van der Waals surface area contributed by atoms with E-state index in [1.807, 2.05) is 16.8 Å². The lowest BCUT2D eigenvalue weighted by molar-refractivity contribution is 0.475. The Bertz CT molecular complexity index is 532. The predicted octanol–water partition coefficient (Wildman–Crippen LogP) is 1.85. The van der Waals surface area contributed by atoms with Crippen LogP contribution in [0.25, 0.3) is 11.4 Å². The SMILES string of the molecule is CC1CCn2nc(-c3ccc(O)cc3)nc2N1. The van der Waals surface area contributed by atoms with Crippen molar-refractivity contribution in [3.05, 3.63) is 24.3 Å². The molecule has 1 aromatic heterocycles. The van der Waals surface area contributed by atoms with E-state index in [1.165, 1.54) is 0 Å². The van der Waals surface area contributed by atoms with Crippen LogP contribution in [-0.2, 0) is 6.54 Å². The quantitative estimate of drug-likeness (QED) is 0.784. The van der Waals surface area contributed by atoms with Crippen LogP contribution in [0, 0.1) is 0 Å². The fraction of sp³-hybridized carbons (Fsp3) is 0.333. The molecule has 0 saturated carbocycles. The maximum absolute atomic E-state index is 9.24. The molecule has 1 aliphatic heterocycles. The Kier molecular flexibility index (Phi) is 2.24. The van der Waals surface area contributed by atoms with Crippen LogP contribution in [0.1, 0.15) is 13.3 Å². The Morgan fingerprint density at radius 3 is 2.88 bits per heavy atom. The summed E-state index contributed by atoms with van der Waals surface area (Å²) in [6, 6.07) is 7.37. The molecular formula is C12H14N4O. The number of aryl methyl sites for hydroxylation is 1. The molecule has 0 fully saturated rings. The normalized spacial score (nSPS) is 18.5. The monoisotopic (exact) mass is 230 g/mol. The van der Waals surface area contributed by atoms with E-state index < -0.39 is 0 Å². The van der Waals surface area contributed by atoms with Gasteiger partial charge in [-0.1, -0.05) is 0 Å². The van der Waals surface area contributed by atoms with Crippen LogP contribution >= 0.6 is 0 Å². The van der Waals surface area contributed by atoms with E-state index in [0.29, 0.717) is 11.9 Å². The highest BCUT2D eigenvalue weighted by Crippen LogP contribution is 2.23. The molecule has 2 heterocycles. The first-order valence-electron chi connectivity index (χ1n) is 5.73. The van der Waals surface area contributed by atoms with Crippen molar-refractivity contribution in [2.45, 2.75) is 25.9 Å². The summed E-state index contributed by atoms with van der Waals surface area (Å²) in [5, 5.41) is 17.0. The number of fused-ring (bicyclic) bond motifs is 1. The molecule has 88 valence electrons. The number of phenolic OH excluding ortho intramolecular Hbond substituents is 1. The average Bonchev–Trinajstić information content (AvgIpc) is 2.72. The summed E-state index contributed by atoms with van der Waals surface area (Å²) in [4.78, 5) is 4.46. The minimum absolute atomic E-state index is 0.254. The third-order valence-corrected chi connectivity index (χ3v) is 2.95. The first-order valence-corrected chi connectivity index (χ1v) is 5.73. The van der Waals surface area contributed by atoms with Gasteiger partial charge in [-0.2, -0.15) is 4.98 Å². The average molecular weight is 230 g/mol. The Balaban J connectivity index is 1.97. The Labute approximate surface area is 99.1 Å². The third-order valence-electron chi connectivity index (χ3n) is 2.95. The summed E-state index contributed by atoms with van der Waals surface area (Å²) in [5.74, 6) is 1.78. The fourth-order valence-corrected chi connectivity index (χ4v) is 1.95. The van der Waals surface area contributed by atoms with Crippen molar-refractivity contribution in [1.29, 1.82) is 0 Å². The van der Waals surface area contributed by atoms with Gasteiger partial charge in [0, 0.05) is 18.2 Å². The van der Waals surface area contributed by atoms with Crippen LogP contribution in [0.4, 0.5) is 5.95 Å². The first kappa shape index (κ1) is 10.1. The van der Waals surface area contributed by atoms with E-state index in [-0.39, 0.29) is 5.75 Å². The molecule has 1 aliphatic rings. The molecule has 5 nitrogen and oxygen atoms in total. The van der Waals surface area contributed by atoms with Crippen molar-refractivity contribution in [2.24, 2.45) is 0 Å². The highest BCUT2D eigenvalue weighted by Gasteiger charge is 2.18. The number of aromatic nitrogens is 3. The largest absolute Gasteiger partial charge is 0.508 e. The number of nitrogens with zero attached hydrogens (tertiary/aromatic N) is 3. The van der Waals surface area contributed by atoms with E-state index in [9.17, 15) is 5.11 Å². The molecule has 0 aliphatic carbocycles. The lowest BCUT2D eigenvalue weighted by Crippen LogP contribution is -2.26. The zero-order valence-electron chi connectivity index (χ0n) is 9.59. The second kappa shape index (κ2) is 3.76. The number of benzene rings is 1. The van der Waals surface area contributed by atoms with Crippen molar-refractivity contribution in [1.82, 2.24) is 14.8 Å². The van der Waals surface area contributed by atoms with E-state index in [4.69, 9.17) is 0 Å². The van der Waals surface area contributed by atoms with Crippen LogP contribution in [0.5, 0.6) is 5.75 Å². The summed E-state index contributed by atoms with van der Waals surface area (Å²) in [5.41, 5.74) is 0.916. The molecule has 0 amide bonds. The van der Waals surface area contributed by atoms with E-state index in [0.717, 1.165) is 24.5 Å². The minimum Gasteiger partial charge on any atom is -0.508 e. The van der Waals surface area contributed by atoms with Crippen molar-refractivity contribution >= 4 is 5.95 Å². The van der Waals surface area contributed by atoms with E-state index >= 15 is 0 Å². The van der Waals surface area contributed by atoms with Gasteiger partial charge in [0.1, 0.15) is 5.75 Å². The lowest BCUT2D eigenvalue weighted by Gasteiger charge is -2.20. The number of nitrogens with one attached hydrogen (secondary N) is 1. The zero-order chi connectivity index (χ0) is 11.8. The Morgan fingerprint density at radius 1 is 1.35 bits per heavy atom. The minimum atomic E-state index is 0.254. The van der Waals surface area contributed by atoms with Gasteiger partial charge < -0.3 is 10.4 Å². The number of aromatic hydroxyl groups is 1. The molecule has 1 unspecified atom stereocenters. The predicted molar refractivity (Wildman–Crippen MR) is 64.8 cm³/mol. The molecule has 3 rings (SSSR count). The molecule has 1 atom stereocenters. The van der Waals surface area contributed by atoms with Gasteiger partial charge in [0.25, 0.3) is 0 Å². The van der Waals surface area contributed by atoms with Gasteiger partial charge in [0.2, 0.25) is 5.95 Å². The molecule has 0 radical (unpaired) electrons. The van der Waals surface area contributed by atoms with Gasteiger partial charge in [0.05, 0.1) is 0 Å². The summed E-state index contributed by atoms with van der Waals surface area (Å²) in [7, 11) is 0. The van der Waals surface area contributed by atoms with Gasteiger partial charge in [-0.15, -0.1) is 5.10 Å². The van der Waals surface area contributed by atoms with E-state index in [2.05, 4.69) is 22.3 Å². The summed E-state index contributed by atoms with van der Waals surface area (Å²) in [6.07, 6.45) is 1.06. The topological polar surface area (TPSA) is 63.0 Å². The molecule has 5 heteroatoms. The standard InChI is InChI=1S/C12H14N4O/c1-8-6-7-16-12(13-8)14-11(15-16)9-2-4-10(17)5-3-9/h2-5,8,17H,6-7H2,1H3,(H,13,14,15). The molecule has 1 aromatic carbocycles. The molecule has 2 aromatic rings. The first-order chi connectivity index (χ1) is 8.22. The molecule has 2 N–H and O–H groups in total. The Morgan fingerprint density at radius 2 is 2.12 bits per heavy atom. The summed E-state index contributed by atoms with van der Waals surface area (Å²) >= 11 is 0. The molecule has 17 heavy (non-hydrogen) atoms. The second-order valence-electron chi connectivity index (χ2n) is 4.36. The molecule has 0 bridgehead atoms. The second-order valence-corrected chi connectivity index (χ2v) is 4.36. The van der Waals surface area contributed by atoms with Gasteiger partial charge in [0.15, 0.2) is 5.82 Å². The van der Waals surface area contributed by atoms with Gasteiger partial charge >= 0.3 is 0 Å². The van der Waals surface area contributed by atoms with Gasteiger partial charge in [-0.3, -0.25) is 0 Å². The lowest BCUT2D eigenvalue weighted by atomic mass is 10.2. The maximum atomic E-state index is 9.24. The van der Waals surface area contributed by atoms with Crippen LogP contribution < -0.4 is 5.32 Å². The smallest absolute Gasteiger partial charge is 0.221 e. The molecule has 0 spiro atoms. The van der Waals surface area contributed by atoms with E-state index in [1.54, 1.807) is 12.1 Å². The van der Waals surface area contributed by atoms with Crippen molar-refractivity contribution in [3.63, 3.8) is 0 Å². The summed E-state index contributed by atoms with van der Waals surface area (Å²) < 4.78 is 1.89. The van der Waals surface area contributed by atoms with Gasteiger partial charge in [-0.05, 0) is 37.6 Å². The number of phenols is 1. The van der Waals surface area contributed by atoms with Crippen molar-refractivity contribution < 1.29 is 5.11 Å². The number of anilines is 1. The van der Waals surface area contributed by atoms with Crippen molar-refractivity contribution in [3.8, 4) is 17.1 Å². The fourth-order valence-electron chi connectivity index (χ4n) is 1.95. The van der Waals surface area contributed by atoms with Gasteiger partial charge in [-0.25, -0.2) is 4.68 Å². The highest BCUT2D eigenvalue weighted by atomic mass is 16.3. The zero-order valence-corrected chi connectivity index (χ0v) is 9.59. The number of hydrogen-bond donors (Lipinski definition) is 2.